The second kappa shape index (κ2) is 7.56. The van der Waals surface area contributed by atoms with Crippen molar-refractivity contribution in [2.75, 3.05) is 18.9 Å². The molecule has 0 aliphatic heterocycles. The van der Waals surface area contributed by atoms with E-state index in [-0.39, 0.29) is 18.9 Å². The molecular formula is C13H17F2NO3S. The van der Waals surface area contributed by atoms with Gasteiger partial charge in [-0.1, -0.05) is 0 Å². The Balaban J connectivity index is 2.30. The number of carbonyl (C=O) groups is 1. The van der Waals surface area contributed by atoms with Crippen molar-refractivity contribution in [2.45, 2.75) is 23.8 Å². The van der Waals surface area contributed by atoms with Gasteiger partial charge >= 0.3 is 0 Å². The van der Waals surface area contributed by atoms with Crippen LogP contribution in [0.1, 0.15) is 13.3 Å². The van der Waals surface area contributed by atoms with E-state index < -0.39 is 23.8 Å². The summed E-state index contributed by atoms with van der Waals surface area (Å²) in [5.74, 6) is -1.70. The first kappa shape index (κ1) is 16.9. The van der Waals surface area contributed by atoms with Crippen molar-refractivity contribution < 1.29 is 23.8 Å². The second-order valence-corrected chi connectivity index (χ2v) is 5.77. The summed E-state index contributed by atoms with van der Waals surface area (Å²) < 4.78 is 25.6. The van der Waals surface area contributed by atoms with Crippen LogP contribution in [0.5, 0.6) is 0 Å². The van der Waals surface area contributed by atoms with Gasteiger partial charge in [-0.25, -0.2) is 8.78 Å². The molecule has 0 saturated carbocycles. The Morgan fingerprint density at radius 3 is 2.70 bits per heavy atom. The number of halogens is 2. The first-order valence-corrected chi connectivity index (χ1v) is 7.00. The molecule has 4 nitrogen and oxygen atoms in total. The Morgan fingerprint density at radius 1 is 1.40 bits per heavy atom. The summed E-state index contributed by atoms with van der Waals surface area (Å²) in [6, 6.07) is 3.56. The average molecular weight is 305 g/mol. The third-order valence-electron chi connectivity index (χ3n) is 2.50. The lowest BCUT2D eigenvalue weighted by Gasteiger charge is -2.20. The summed E-state index contributed by atoms with van der Waals surface area (Å²) in [6.07, 6.45) is 0.172. The minimum atomic E-state index is -1.34. The summed E-state index contributed by atoms with van der Waals surface area (Å²) in [6.45, 7) is 0.915. The molecule has 1 aromatic rings. The van der Waals surface area contributed by atoms with Crippen LogP contribution in [-0.4, -0.2) is 40.6 Å². The summed E-state index contributed by atoms with van der Waals surface area (Å²) in [7, 11) is 0. The lowest BCUT2D eigenvalue weighted by atomic mass is 10.1. The number of aliphatic hydroxyl groups is 2. The predicted molar refractivity (Wildman–Crippen MR) is 72.4 cm³/mol. The Kier molecular flexibility index (Phi) is 6.38. The molecule has 0 heterocycles. The van der Waals surface area contributed by atoms with Crippen LogP contribution in [0, 0.1) is 11.6 Å². The van der Waals surface area contributed by atoms with E-state index in [2.05, 4.69) is 5.32 Å². The van der Waals surface area contributed by atoms with Crippen LogP contribution in [0.4, 0.5) is 8.78 Å². The number of carbonyl (C=O) groups excluding carboxylic acids is 1. The van der Waals surface area contributed by atoms with E-state index in [9.17, 15) is 18.7 Å². The van der Waals surface area contributed by atoms with Gasteiger partial charge in [0.15, 0.2) is 11.6 Å². The van der Waals surface area contributed by atoms with E-state index in [0.29, 0.717) is 10.6 Å². The smallest absolute Gasteiger partial charge is 0.220 e. The van der Waals surface area contributed by atoms with Crippen LogP contribution in [-0.2, 0) is 4.79 Å². The number of thioether (sulfide) groups is 1. The van der Waals surface area contributed by atoms with E-state index in [4.69, 9.17) is 5.11 Å². The predicted octanol–water partition coefficient (Wildman–Crippen LogP) is 1.31. The molecule has 0 aliphatic carbocycles. The molecule has 1 aromatic carbocycles. The Labute approximate surface area is 120 Å². The van der Waals surface area contributed by atoms with Crippen molar-refractivity contribution in [1.82, 2.24) is 5.32 Å². The largest absolute Gasteiger partial charge is 0.393 e. The fourth-order valence-electron chi connectivity index (χ4n) is 1.26. The molecule has 0 spiro atoms. The van der Waals surface area contributed by atoms with Gasteiger partial charge in [-0.05, 0) is 25.1 Å². The zero-order valence-corrected chi connectivity index (χ0v) is 11.8. The Bertz CT molecular complexity index is 469. The summed E-state index contributed by atoms with van der Waals surface area (Å²) in [5.41, 5.74) is -1.34. The minimum Gasteiger partial charge on any atom is -0.393 e. The maximum absolute atomic E-state index is 12.9. The van der Waals surface area contributed by atoms with Gasteiger partial charge in [0.2, 0.25) is 5.91 Å². The molecular weight excluding hydrogens is 288 g/mol. The highest BCUT2D eigenvalue weighted by Gasteiger charge is 2.19. The highest BCUT2D eigenvalue weighted by molar-refractivity contribution is 7.99. The minimum absolute atomic E-state index is 0.0435. The average Bonchev–Trinajstić information content (AvgIpc) is 2.41. The van der Waals surface area contributed by atoms with E-state index in [1.54, 1.807) is 0 Å². The van der Waals surface area contributed by atoms with Crippen LogP contribution in [0.25, 0.3) is 0 Å². The number of benzene rings is 1. The van der Waals surface area contributed by atoms with Crippen LogP contribution in [0.3, 0.4) is 0 Å². The van der Waals surface area contributed by atoms with Crippen LogP contribution < -0.4 is 5.32 Å². The summed E-state index contributed by atoms with van der Waals surface area (Å²) in [5, 5.41) is 20.8. The highest BCUT2D eigenvalue weighted by atomic mass is 32.2. The number of amides is 1. The molecule has 0 radical (unpaired) electrons. The quantitative estimate of drug-likeness (QED) is 0.664. The van der Waals surface area contributed by atoms with Crippen LogP contribution in [0.2, 0.25) is 0 Å². The third kappa shape index (κ3) is 5.85. The van der Waals surface area contributed by atoms with Gasteiger partial charge in [-0.15, -0.1) is 11.8 Å². The number of nitrogens with one attached hydrogen (secondary N) is 1. The van der Waals surface area contributed by atoms with Crippen molar-refractivity contribution in [2.24, 2.45) is 0 Å². The highest BCUT2D eigenvalue weighted by Crippen LogP contribution is 2.20. The lowest BCUT2D eigenvalue weighted by Crippen LogP contribution is -2.43. The van der Waals surface area contributed by atoms with Crippen molar-refractivity contribution in [3.05, 3.63) is 29.8 Å². The Morgan fingerprint density at radius 2 is 2.10 bits per heavy atom. The molecule has 3 N–H and O–H groups in total. The zero-order valence-electron chi connectivity index (χ0n) is 11.0. The van der Waals surface area contributed by atoms with Gasteiger partial charge < -0.3 is 15.5 Å². The molecule has 1 rings (SSSR count). The number of hydrogen-bond acceptors (Lipinski definition) is 4. The van der Waals surface area contributed by atoms with Gasteiger partial charge in [0.05, 0.1) is 6.61 Å². The number of aliphatic hydroxyl groups excluding tert-OH is 1. The lowest BCUT2D eigenvalue weighted by molar-refractivity contribution is -0.122. The summed E-state index contributed by atoms with van der Waals surface area (Å²) >= 11 is 1.23. The molecule has 1 unspecified atom stereocenters. The molecule has 7 heteroatoms. The number of hydrogen-bond donors (Lipinski definition) is 3. The normalized spacial score (nSPS) is 13.8. The van der Waals surface area contributed by atoms with E-state index in [0.717, 1.165) is 12.1 Å². The topological polar surface area (TPSA) is 69.6 Å². The van der Waals surface area contributed by atoms with Crippen molar-refractivity contribution in [3.63, 3.8) is 0 Å². The number of rotatable bonds is 7. The monoisotopic (exact) mass is 305 g/mol. The first-order chi connectivity index (χ1) is 9.34. The fraction of sp³-hybridized carbons (Fsp3) is 0.462. The molecule has 0 bridgehead atoms. The molecule has 0 aromatic heterocycles. The zero-order chi connectivity index (χ0) is 15.2. The molecule has 112 valence electrons. The maximum Gasteiger partial charge on any atom is 0.220 e. The molecule has 0 aliphatic rings. The molecule has 0 fully saturated rings. The van der Waals surface area contributed by atoms with E-state index in [1.165, 1.54) is 24.8 Å². The van der Waals surface area contributed by atoms with Gasteiger partial charge in [0.25, 0.3) is 0 Å². The SMILES string of the molecule is CC(O)(CO)CNC(=O)CCSc1ccc(F)c(F)c1. The van der Waals surface area contributed by atoms with Crippen LogP contribution in [0.15, 0.2) is 23.1 Å². The Hall–Kier alpha value is -1.18. The van der Waals surface area contributed by atoms with Crippen LogP contribution >= 0.6 is 11.8 Å². The second-order valence-electron chi connectivity index (χ2n) is 4.61. The molecule has 0 saturated heterocycles. The van der Waals surface area contributed by atoms with Gasteiger partial charge in [-0.3, -0.25) is 4.79 Å². The third-order valence-corrected chi connectivity index (χ3v) is 3.49. The maximum atomic E-state index is 12.9. The molecule has 1 amide bonds. The summed E-state index contributed by atoms with van der Waals surface area (Å²) in [4.78, 5) is 12.0. The fourth-order valence-corrected chi connectivity index (χ4v) is 2.14. The van der Waals surface area contributed by atoms with E-state index in [1.807, 2.05) is 0 Å². The van der Waals surface area contributed by atoms with Gasteiger partial charge in [-0.2, -0.15) is 0 Å². The van der Waals surface area contributed by atoms with Crippen molar-refractivity contribution in [3.8, 4) is 0 Å². The van der Waals surface area contributed by atoms with Gasteiger partial charge in [0.1, 0.15) is 5.60 Å². The molecule has 1 atom stereocenters. The van der Waals surface area contributed by atoms with Gasteiger partial charge in [0, 0.05) is 23.6 Å². The molecule has 20 heavy (non-hydrogen) atoms. The standard InChI is InChI=1S/C13H17F2NO3S/c1-13(19,8-17)7-16-12(18)4-5-20-9-2-3-10(14)11(15)6-9/h2-3,6,17,19H,4-5,7-8H2,1H3,(H,16,18). The van der Waals surface area contributed by atoms with Crippen molar-refractivity contribution >= 4 is 17.7 Å². The van der Waals surface area contributed by atoms with E-state index >= 15 is 0 Å². The van der Waals surface area contributed by atoms with Crippen molar-refractivity contribution in [1.29, 1.82) is 0 Å². The first-order valence-electron chi connectivity index (χ1n) is 6.02.